The third kappa shape index (κ3) is 2.29. The summed E-state index contributed by atoms with van der Waals surface area (Å²) >= 11 is 3.26. The highest BCUT2D eigenvalue weighted by molar-refractivity contribution is 9.10. The first kappa shape index (κ1) is 10.2. The van der Waals surface area contributed by atoms with E-state index in [0.29, 0.717) is 5.56 Å². The quantitative estimate of drug-likeness (QED) is 0.888. The second-order valence-electron chi connectivity index (χ2n) is 2.48. The van der Waals surface area contributed by atoms with Gasteiger partial charge in [-0.3, -0.25) is 0 Å². The summed E-state index contributed by atoms with van der Waals surface area (Å²) in [5.41, 5.74) is 0.623. The number of ether oxygens (including phenoxy) is 1. The van der Waals surface area contributed by atoms with Gasteiger partial charge in [0.15, 0.2) is 6.10 Å². The van der Waals surface area contributed by atoms with Crippen LogP contribution in [0.2, 0.25) is 0 Å². The minimum atomic E-state index is -0.991. The molecule has 0 spiro atoms. The van der Waals surface area contributed by atoms with E-state index in [9.17, 15) is 4.79 Å². The molecule has 0 aliphatic rings. The van der Waals surface area contributed by atoms with E-state index in [2.05, 4.69) is 15.9 Å². The Hall–Kier alpha value is -0.870. The fraction of sp³-hybridized carbons (Fsp3) is 0.222. The number of benzene rings is 1. The van der Waals surface area contributed by atoms with Crippen molar-refractivity contribution in [2.24, 2.45) is 0 Å². The Balaban J connectivity index is 3.04. The van der Waals surface area contributed by atoms with Crippen LogP contribution >= 0.6 is 15.9 Å². The molecular formula is C9H9BrO3. The largest absolute Gasteiger partial charge is 0.479 e. The summed E-state index contributed by atoms with van der Waals surface area (Å²) in [6.07, 6.45) is -0.907. The molecule has 1 aromatic carbocycles. The highest BCUT2D eigenvalue weighted by Crippen LogP contribution is 2.25. The molecule has 1 aromatic rings. The van der Waals surface area contributed by atoms with Gasteiger partial charge in [0, 0.05) is 17.1 Å². The van der Waals surface area contributed by atoms with Gasteiger partial charge in [0.05, 0.1) is 0 Å². The minimum Gasteiger partial charge on any atom is -0.479 e. The van der Waals surface area contributed by atoms with Crippen molar-refractivity contribution in [3.63, 3.8) is 0 Å². The third-order valence-electron chi connectivity index (χ3n) is 1.65. The summed E-state index contributed by atoms with van der Waals surface area (Å²) in [7, 11) is 1.37. The molecule has 0 saturated carbocycles. The van der Waals surface area contributed by atoms with Gasteiger partial charge in [0.1, 0.15) is 0 Å². The average Bonchev–Trinajstić information content (AvgIpc) is 2.09. The topological polar surface area (TPSA) is 46.5 Å². The van der Waals surface area contributed by atoms with E-state index in [0.717, 1.165) is 4.47 Å². The molecule has 0 amide bonds. The van der Waals surface area contributed by atoms with E-state index in [1.807, 2.05) is 6.07 Å². The zero-order valence-electron chi connectivity index (χ0n) is 7.03. The summed E-state index contributed by atoms with van der Waals surface area (Å²) < 4.78 is 5.59. The first-order valence-electron chi connectivity index (χ1n) is 3.67. The minimum absolute atomic E-state index is 0.623. The van der Waals surface area contributed by atoms with Crippen molar-refractivity contribution in [1.82, 2.24) is 0 Å². The smallest absolute Gasteiger partial charge is 0.337 e. The first-order valence-corrected chi connectivity index (χ1v) is 4.46. The van der Waals surface area contributed by atoms with Crippen LogP contribution in [0.3, 0.4) is 0 Å². The van der Waals surface area contributed by atoms with E-state index in [1.165, 1.54) is 7.11 Å². The fourth-order valence-electron chi connectivity index (χ4n) is 1.05. The van der Waals surface area contributed by atoms with Gasteiger partial charge in [0.2, 0.25) is 0 Å². The number of aliphatic carboxylic acids is 1. The molecule has 13 heavy (non-hydrogen) atoms. The van der Waals surface area contributed by atoms with Gasteiger partial charge in [-0.2, -0.15) is 0 Å². The number of carbonyl (C=O) groups is 1. The number of carboxylic acids is 1. The second-order valence-corrected chi connectivity index (χ2v) is 3.33. The predicted molar refractivity (Wildman–Crippen MR) is 51.5 cm³/mol. The van der Waals surface area contributed by atoms with Crippen molar-refractivity contribution in [1.29, 1.82) is 0 Å². The summed E-state index contributed by atoms with van der Waals surface area (Å²) in [5, 5.41) is 8.81. The van der Waals surface area contributed by atoms with Crippen LogP contribution in [0.25, 0.3) is 0 Å². The SMILES string of the molecule is COC(C(=O)O)c1ccccc1Br. The van der Waals surface area contributed by atoms with Crippen molar-refractivity contribution in [3.05, 3.63) is 34.3 Å². The number of hydrogen-bond donors (Lipinski definition) is 1. The predicted octanol–water partition coefficient (Wildman–Crippen LogP) is 2.22. The van der Waals surface area contributed by atoms with Crippen LogP contribution in [-0.2, 0) is 9.53 Å². The summed E-state index contributed by atoms with van der Waals surface area (Å²) in [5.74, 6) is -0.991. The molecule has 3 nitrogen and oxygen atoms in total. The van der Waals surface area contributed by atoms with Crippen molar-refractivity contribution in [2.75, 3.05) is 7.11 Å². The van der Waals surface area contributed by atoms with Gasteiger partial charge < -0.3 is 9.84 Å². The number of carboxylic acid groups (broad SMARTS) is 1. The maximum atomic E-state index is 10.7. The molecule has 0 aliphatic carbocycles. The van der Waals surface area contributed by atoms with Crippen molar-refractivity contribution in [2.45, 2.75) is 6.10 Å². The Labute approximate surface area is 84.5 Å². The van der Waals surface area contributed by atoms with Crippen molar-refractivity contribution >= 4 is 21.9 Å². The van der Waals surface area contributed by atoms with Crippen LogP contribution in [0.15, 0.2) is 28.7 Å². The lowest BCUT2D eigenvalue weighted by Gasteiger charge is -2.11. The molecule has 4 heteroatoms. The van der Waals surface area contributed by atoms with Crippen LogP contribution in [0, 0.1) is 0 Å². The van der Waals surface area contributed by atoms with Gasteiger partial charge in [-0.1, -0.05) is 34.1 Å². The highest BCUT2D eigenvalue weighted by atomic mass is 79.9. The van der Waals surface area contributed by atoms with Crippen LogP contribution in [0.4, 0.5) is 0 Å². The van der Waals surface area contributed by atoms with Gasteiger partial charge in [-0.25, -0.2) is 4.79 Å². The maximum Gasteiger partial charge on any atom is 0.337 e. The molecule has 0 saturated heterocycles. The molecule has 0 heterocycles. The van der Waals surface area contributed by atoms with Gasteiger partial charge in [-0.05, 0) is 6.07 Å². The molecule has 1 rings (SSSR count). The van der Waals surface area contributed by atoms with Gasteiger partial charge >= 0.3 is 5.97 Å². The Morgan fingerprint density at radius 2 is 2.15 bits per heavy atom. The van der Waals surface area contributed by atoms with Crippen LogP contribution < -0.4 is 0 Å². The van der Waals surface area contributed by atoms with E-state index in [4.69, 9.17) is 9.84 Å². The number of halogens is 1. The van der Waals surface area contributed by atoms with Crippen LogP contribution in [0.1, 0.15) is 11.7 Å². The normalized spacial score (nSPS) is 12.5. The van der Waals surface area contributed by atoms with Crippen LogP contribution in [0.5, 0.6) is 0 Å². The van der Waals surface area contributed by atoms with Gasteiger partial charge in [-0.15, -0.1) is 0 Å². The zero-order valence-corrected chi connectivity index (χ0v) is 8.61. The van der Waals surface area contributed by atoms with E-state index >= 15 is 0 Å². The lowest BCUT2D eigenvalue weighted by atomic mass is 10.1. The molecule has 1 unspecified atom stereocenters. The van der Waals surface area contributed by atoms with E-state index in [1.54, 1.807) is 18.2 Å². The second kappa shape index (κ2) is 4.39. The molecule has 0 fully saturated rings. The maximum absolute atomic E-state index is 10.7. The number of rotatable bonds is 3. The Morgan fingerprint density at radius 1 is 1.54 bits per heavy atom. The van der Waals surface area contributed by atoms with E-state index < -0.39 is 12.1 Å². The molecule has 0 aromatic heterocycles. The molecule has 0 radical (unpaired) electrons. The lowest BCUT2D eigenvalue weighted by Crippen LogP contribution is -2.13. The number of methoxy groups -OCH3 is 1. The molecule has 1 atom stereocenters. The Morgan fingerprint density at radius 3 is 2.62 bits per heavy atom. The highest BCUT2D eigenvalue weighted by Gasteiger charge is 2.20. The summed E-state index contributed by atoms with van der Waals surface area (Å²) in [4.78, 5) is 10.7. The van der Waals surface area contributed by atoms with Crippen LogP contribution in [-0.4, -0.2) is 18.2 Å². The molecular weight excluding hydrogens is 236 g/mol. The summed E-state index contributed by atoms with van der Waals surface area (Å²) in [6.45, 7) is 0. The van der Waals surface area contributed by atoms with E-state index in [-0.39, 0.29) is 0 Å². The van der Waals surface area contributed by atoms with Crippen molar-refractivity contribution in [3.8, 4) is 0 Å². The number of hydrogen-bond acceptors (Lipinski definition) is 2. The Bertz CT molecular complexity index is 311. The third-order valence-corrected chi connectivity index (χ3v) is 2.37. The lowest BCUT2D eigenvalue weighted by molar-refractivity contribution is -0.148. The van der Waals surface area contributed by atoms with Crippen molar-refractivity contribution < 1.29 is 14.6 Å². The fourth-order valence-corrected chi connectivity index (χ4v) is 1.54. The molecule has 1 N–H and O–H groups in total. The Kier molecular flexibility index (Phi) is 3.45. The van der Waals surface area contributed by atoms with Gasteiger partial charge in [0.25, 0.3) is 0 Å². The summed E-state index contributed by atoms with van der Waals surface area (Å²) in [6, 6.07) is 7.09. The molecule has 70 valence electrons. The zero-order chi connectivity index (χ0) is 9.84. The first-order chi connectivity index (χ1) is 6.16. The molecule has 0 aliphatic heterocycles. The molecule has 0 bridgehead atoms. The monoisotopic (exact) mass is 244 g/mol. The standard InChI is InChI=1S/C9H9BrO3/c1-13-8(9(11)12)6-4-2-3-5-7(6)10/h2-5,8H,1H3,(H,11,12). The average molecular weight is 245 g/mol.